The van der Waals surface area contributed by atoms with Gasteiger partial charge in [-0.1, -0.05) is 0 Å². The molecule has 0 aromatic carbocycles. The van der Waals surface area contributed by atoms with E-state index < -0.39 is 0 Å². The Morgan fingerprint density at radius 2 is 1.00 bits per heavy atom. The molecule has 0 aliphatic rings. The molecule has 0 spiro atoms. The van der Waals surface area contributed by atoms with Gasteiger partial charge in [0.1, 0.15) is 0 Å². The standard InChI is InChI=1S/Ba.Mg.H2O.Ta.Zr.4H/h;;1H2;;;;;;. The van der Waals surface area contributed by atoms with Crippen LogP contribution < -0.4 is 0 Å². The van der Waals surface area contributed by atoms with Gasteiger partial charge >= 0.3 is 71.9 Å². The Morgan fingerprint density at radius 3 is 1.00 bits per heavy atom. The topological polar surface area (TPSA) is 31.5 Å². The summed E-state index contributed by atoms with van der Waals surface area (Å²) in [6.07, 6.45) is 0. The molecule has 0 fully saturated rings. The van der Waals surface area contributed by atoms with Crippen LogP contribution in [0.5, 0.6) is 0 Å². The van der Waals surface area contributed by atoms with Crippen LogP contribution in [0.1, 0.15) is 0 Å². The molecule has 0 aromatic heterocycles. The number of rotatable bonds is 0. The summed E-state index contributed by atoms with van der Waals surface area (Å²) in [6, 6.07) is 0. The monoisotopic (exact) mass is 455 g/mol. The molecule has 0 atom stereocenters. The third-order valence-corrected chi connectivity index (χ3v) is 0. The van der Waals surface area contributed by atoms with Gasteiger partial charge in [0.05, 0.1) is 0 Å². The Balaban J connectivity index is 0. The third-order valence-electron chi connectivity index (χ3n) is 0. The zero-order valence-corrected chi connectivity index (χ0v) is 7.12. The van der Waals surface area contributed by atoms with Crippen molar-refractivity contribution in [3.8, 4) is 0 Å². The molecule has 5 heavy (non-hydrogen) atoms. The first-order valence-electron chi connectivity index (χ1n) is 0. The van der Waals surface area contributed by atoms with Gasteiger partial charge in [-0.2, -0.15) is 0 Å². The van der Waals surface area contributed by atoms with E-state index in [1.54, 1.807) is 0 Å². The molecule has 1 nitrogen and oxygen atoms in total. The molecule has 0 aliphatic heterocycles. The van der Waals surface area contributed by atoms with E-state index in [9.17, 15) is 0 Å². The fraction of sp³-hybridized carbons (Fsp3) is 0. The fourth-order valence-electron chi connectivity index (χ4n) is 0. The molecular formula is H6BaMgOTaZr. The van der Waals surface area contributed by atoms with Gasteiger partial charge in [-0.15, -0.1) is 0 Å². The molecule has 25 valence electrons. The molecular weight excluding hydrogens is 450 g/mol. The SMILES string of the molecule is O.[BaH2].[MgH2].[Ta].[Zr]. The maximum Gasteiger partial charge on any atom is 0.316 e. The minimum Gasteiger partial charge on any atom is 0 e. The van der Waals surface area contributed by atoms with E-state index >= 15 is 0 Å². The summed E-state index contributed by atoms with van der Waals surface area (Å²) in [7, 11) is 0. The Morgan fingerprint density at radius 1 is 1.00 bits per heavy atom. The third kappa shape index (κ3) is 18.1. The van der Waals surface area contributed by atoms with E-state index in [0.29, 0.717) is 0 Å². The quantitative estimate of drug-likeness (QED) is 0.357. The zero-order valence-electron chi connectivity index (χ0n) is 1.45. The van der Waals surface area contributed by atoms with E-state index in [1.165, 1.54) is 0 Å². The van der Waals surface area contributed by atoms with Gasteiger partial charge in [-0.05, 0) is 0 Å². The van der Waals surface area contributed by atoms with Crippen molar-refractivity contribution in [2.45, 2.75) is 0 Å². The molecule has 0 saturated heterocycles. The Bertz CT molecular complexity index is 11.6. The molecule has 0 unspecified atom stereocenters. The number of hydrogen-bond donors (Lipinski definition) is 0. The summed E-state index contributed by atoms with van der Waals surface area (Å²) in [6.45, 7) is 0. The first-order chi connectivity index (χ1) is 0. The van der Waals surface area contributed by atoms with Crippen molar-refractivity contribution < 1.29 is 54.1 Å². The van der Waals surface area contributed by atoms with E-state index in [1.807, 2.05) is 0 Å². The molecule has 0 aliphatic carbocycles. The van der Waals surface area contributed by atoms with Gasteiger partial charge in [0, 0.05) is 48.6 Å². The fourth-order valence-corrected chi connectivity index (χ4v) is 0. The second-order valence-corrected chi connectivity index (χ2v) is 0. The van der Waals surface area contributed by atoms with Crippen LogP contribution in [0.25, 0.3) is 0 Å². The smallest absolute Gasteiger partial charge is 0 e. The molecule has 0 heterocycles. The summed E-state index contributed by atoms with van der Waals surface area (Å²) in [5.74, 6) is 0. The second kappa shape index (κ2) is 24.7. The molecule has 5 heteroatoms. The van der Waals surface area contributed by atoms with Crippen LogP contribution >= 0.6 is 0 Å². The average molecular weight is 456 g/mol. The zero-order chi connectivity index (χ0) is 0. The second-order valence-electron chi connectivity index (χ2n) is 0. The Kier molecular flexibility index (Phi) is 180. The molecule has 0 aromatic rings. The maximum absolute atomic E-state index is 0. The molecule has 1 radical (unpaired) electrons. The van der Waals surface area contributed by atoms with Gasteiger partial charge in [0.25, 0.3) is 0 Å². The van der Waals surface area contributed by atoms with Crippen molar-refractivity contribution >= 4 is 71.9 Å². The van der Waals surface area contributed by atoms with Gasteiger partial charge in [-0.25, -0.2) is 0 Å². The van der Waals surface area contributed by atoms with Crippen molar-refractivity contribution in [1.29, 1.82) is 0 Å². The Hall–Kier alpha value is 3.92. The molecule has 2 N–H and O–H groups in total. The van der Waals surface area contributed by atoms with Gasteiger partial charge in [0.2, 0.25) is 0 Å². The van der Waals surface area contributed by atoms with E-state index in [-0.39, 0.29) is 126 Å². The normalized spacial score (nSPS) is 0. The summed E-state index contributed by atoms with van der Waals surface area (Å²) >= 11 is 0. The van der Waals surface area contributed by atoms with Crippen LogP contribution in [0.4, 0.5) is 0 Å². The molecule has 0 rings (SSSR count). The minimum atomic E-state index is 0. The molecule has 0 amide bonds. The van der Waals surface area contributed by atoms with E-state index in [0.717, 1.165) is 0 Å². The predicted octanol–water partition coefficient (Wildman–Crippen LogP) is -2.66. The predicted molar refractivity (Wildman–Crippen MR) is 20.7 cm³/mol. The maximum atomic E-state index is 0. The van der Waals surface area contributed by atoms with Gasteiger partial charge in [0.15, 0.2) is 0 Å². The summed E-state index contributed by atoms with van der Waals surface area (Å²) in [4.78, 5) is 0. The van der Waals surface area contributed by atoms with Crippen molar-refractivity contribution in [3.05, 3.63) is 0 Å². The van der Waals surface area contributed by atoms with Crippen molar-refractivity contribution in [1.82, 2.24) is 0 Å². The van der Waals surface area contributed by atoms with Gasteiger partial charge in [-0.3, -0.25) is 0 Å². The summed E-state index contributed by atoms with van der Waals surface area (Å²) in [5.41, 5.74) is 0. The van der Waals surface area contributed by atoms with Gasteiger partial charge < -0.3 is 5.48 Å². The number of hydrogen-bond acceptors (Lipinski definition) is 0. The average Bonchev–Trinajstić information content (AvgIpc) is 0. The first kappa shape index (κ1) is 36.4. The van der Waals surface area contributed by atoms with Crippen LogP contribution in [0, 0.1) is 0 Å². The van der Waals surface area contributed by atoms with Crippen LogP contribution in [0.3, 0.4) is 0 Å². The molecule has 0 saturated carbocycles. The van der Waals surface area contributed by atoms with Crippen molar-refractivity contribution in [2.24, 2.45) is 0 Å². The first-order valence-corrected chi connectivity index (χ1v) is 0. The van der Waals surface area contributed by atoms with Crippen molar-refractivity contribution in [3.63, 3.8) is 0 Å². The molecule has 0 bridgehead atoms. The largest absolute Gasteiger partial charge is 0.316 e. The van der Waals surface area contributed by atoms with Crippen LogP contribution in [-0.4, -0.2) is 77.4 Å². The summed E-state index contributed by atoms with van der Waals surface area (Å²) < 4.78 is 0. The summed E-state index contributed by atoms with van der Waals surface area (Å²) in [5, 5.41) is 0. The minimum absolute atomic E-state index is 0. The van der Waals surface area contributed by atoms with Crippen molar-refractivity contribution in [2.75, 3.05) is 0 Å². The van der Waals surface area contributed by atoms with Crippen LogP contribution in [-0.2, 0) is 48.6 Å². The Labute approximate surface area is 123 Å². The van der Waals surface area contributed by atoms with E-state index in [2.05, 4.69) is 0 Å². The van der Waals surface area contributed by atoms with Crippen LogP contribution in [0.2, 0.25) is 0 Å². The van der Waals surface area contributed by atoms with Crippen LogP contribution in [0.15, 0.2) is 0 Å². The van der Waals surface area contributed by atoms with E-state index in [4.69, 9.17) is 0 Å².